The number of phenolic OH excluding ortho intramolecular Hbond substituents is 1. The van der Waals surface area contributed by atoms with Gasteiger partial charge in [0, 0.05) is 0 Å². The first kappa shape index (κ1) is 19.1. The standard InChI is InChI=1S/C20H25Cl3O3/c1-19-9-8-14-13-5-3-12(24)10-11(13)2-4-15(14)16(19)6-7-17(19)26-18(25)20(21,22)23/h3,5,10,14-18,24-25H,2,4,6-9H2,1H3/t14-,15+,16+,17+,18-,19+/m1/s1. The fourth-order valence-electron chi connectivity index (χ4n) is 5.98. The predicted octanol–water partition coefficient (Wildman–Crippen LogP) is 5.32. The molecular weight excluding hydrogens is 395 g/mol. The number of fused-ring (bicyclic) bond motifs is 5. The number of hydrogen-bond donors (Lipinski definition) is 2. The van der Waals surface area contributed by atoms with Gasteiger partial charge in [0.15, 0.2) is 0 Å². The summed E-state index contributed by atoms with van der Waals surface area (Å²) in [5.74, 6) is 2.08. The second-order valence-corrected chi connectivity index (χ2v) is 10.8. The molecule has 3 nitrogen and oxygen atoms in total. The maximum atomic E-state index is 10.1. The van der Waals surface area contributed by atoms with Crippen molar-refractivity contribution in [3.63, 3.8) is 0 Å². The zero-order valence-corrected chi connectivity index (χ0v) is 17.1. The molecule has 0 aliphatic heterocycles. The van der Waals surface area contributed by atoms with E-state index in [4.69, 9.17) is 39.5 Å². The van der Waals surface area contributed by atoms with Crippen LogP contribution in [0.4, 0.5) is 0 Å². The third-order valence-corrected chi connectivity index (χ3v) is 7.76. The van der Waals surface area contributed by atoms with Crippen LogP contribution in [0.15, 0.2) is 18.2 Å². The third kappa shape index (κ3) is 3.14. The Labute approximate surface area is 169 Å². The third-order valence-electron chi connectivity index (χ3n) is 7.20. The Morgan fingerprint density at radius 1 is 1.19 bits per heavy atom. The summed E-state index contributed by atoms with van der Waals surface area (Å²) >= 11 is 17.4. The van der Waals surface area contributed by atoms with E-state index >= 15 is 0 Å². The molecule has 3 aliphatic rings. The molecule has 6 atom stereocenters. The number of aliphatic hydroxyl groups excluding tert-OH is 1. The number of ether oxygens (including phenoxy) is 1. The van der Waals surface area contributed by atoms with Gasteiger partial charge >= 0.3 is 0 Å². The first-order chi connectivity index (χ1) is 12.2. The second-order valence-electron chi connectivity index (χ2n) is 8.44. The van der Waals surface area contributed by atoms with E-state index < -0.39 is 10.1 Å². The summed E-state index contributed by atoms with van der Waals surface area (Å²) < 4.78 is 4.02. The lowest BCUT2D eigenvalue weighted by molar-refractivity contribution is -0.171. The molecule has 2 saturated carbocycles. The average Bonchev–Trinajstić information content (AvgIpc) is 2.90. The molecule has 4 rings (SSSR count). The van der Waals surface area contributed by atoms with Crippen LogP contribution in [-0.2, 0) is 11.2 Å². The van der Waals surface area contributed by atoms with Crippen LogP contribution in [0, 0.1) is 17.3 Å². The van der Waals surface area contributed by atoms with Crippen molar-refractivity contribution in [3.05, 3.63) is 29.3 Å². The van der Waals surface area contributed by atoms with Crippen LogP contribution < -0.4 is 0 Å². The minimum atomic E-state index is -1.82. The van der Waals surface area contributed by atoms with Crippen LogP contribution in [0.25, 0.3) is 0 Å². The minimum Gasteiger partial charge on any atom is -0.508 e. The smallest absolute Gasteiger partial charge is 0.240 e. The molecular formula is C20H25Cl3O3. The van der Waals surface area contributed by atoms with Crippen molar-refractivity contribution in [2.24, 2.45) is 17.3 Å². The van der Waals surface area contributed by atoms with Crippen LogP contribution in [0.3, 0.4) is 0 Å². The Hall–Kier alpha value is -0.190. The van der Waals surface area contributed by atoms with Crippen LogP contribution in [0.1, 0.15) is 56.1 Å². The lowest BCUT2D eigenvalue weighted by atomic mass is 9.55. The number of aromatic hydroxyl groups is 1. The Morgan fingerprint density at radius 3 is 2.69 bits per heavy atom. The van der Waals surface area contributed by atoms with E-state index in [1.165, 1.54) is 11.1 Å². The summed E-state index contributed by atoms with van der Waals surface area (Å²) in [6, 6.07) is 5.85. The Morgan fingerprint density at radius 2 is 1.96 bits per heavy atom. The molecule has 2 N–H and O–H groups in total. The number of phenols is 1. The molecule has 144 valence electrons. The van der Waals surface area contributed by atoms with Crippen LogP contribution in [0.2, 0.25) is 0 Å². The first-order valence-corrected chi connectivity index (χ1v) is 10.6. The second kappa shape index (κ2) is 6.70. The highest BCUT2D eigenvalue weighted by Crippen LogP contribution is 2.62. The maximum absolute atomic E-state index is 10.1. The van der Waals surface area contributed by atoms with E-state index in [1.54, 1.807) is 0 Å². The molecule has 0 aromatic heterocycles. The summed E-state index contributed by atoms with van der Waals surface area (Å²) in [6.45, 7) is 2.28. The number of aryl methyl sites for hydroxylation is 1. The number of halogens is 3. The number of benzene rings is 1. The zero-order valence-electron chi connectivity index (χ0n) is 14.8. The molecule has 6 heteroatoms. The molecule has 0 bridgehead atoms. The summed E-state index contributed by atoms with van der Waals surface area (Å²) in [7, 11) is 0. The van der Waals surface area contributed by atoms with Crippen molar-refractivity contribution in [2.75, 3.05) is 0 Å². The van der Waals surface area contributed by atoms with Gasteiger partial charge in [0.2, 0.25) is 10.1 Å². The molecule has 1 aromatic rings. The fraction of sp³-hybridized carbons (Fsp3) is 0.700. The van der Waals surface area contributed by atoms with Gasteiger partial charge in [-0.2, -0.15) is 0 Å². The van der Waals surface area contributed by atoms with Crippen LogP contribution in [0.5, 0.6) is 5.75 Å². The van der Waals surface area contributed by atoms with Gasteiger partial charge < -0.3 is 14.9 Å². The van der Waals surface area contributed by atoms with Gasteiger partial charge in [0.05, 0.1) is 6.10 Å². The van der Waals surface area contributed by atoms with Crippen molar-refractivity contribution in [2.45, 2.75) is 67.6 Å². The monoisotopic (exact) mass is 418 g/mol. The predicted molar refractivity (Wildman–Crippen MR) is 104 cm³/mol. The number of hydrogen-bond acceptors (Lipinski definition) is 3. The van der Waals surface area contributed by atoms with Gasteiger partial charge in [-0.1, -0.05) is 47.8 Å². The summed E-state index contributed by atoms with van der Waals surface area (Å²) in [4.78, 5) is 0. The lowest BCUT2D eigenvalue weighted by Crippen LogP contribution is -2.46. The van der Waals surface area contributed by atoms with Crippen molar-refractivity contribution < 1.29 is 14.9 Å². The normalized spacial score (nSPS) is 37.6. The Balaban J connectivity index is 1.56. The summed E-state index contributed by atoms with van der Waals surface area (Å²) in [5, 5.41) is 19.9. The molecule has 0 amide bonds. The number of rotatable bonds is 2. The number of alkyl halides is 3. The Bertz CT molecular complexity index is 689. The van der Waals surface area contributed by atoms with Gasteiger partial charge in [-0.25, -0.2) is 0 Å². The highest BCUT2D eigenvalue weighted by Gasteiger charge is 2.56. The van der Waals surface area contributed by atoms with E-state index in [2.05, 4.69) is 13.0 Å². The topological polar surface area (TPSA) is 49.7 Å². The zero-order chi connectivity index (χ0) is 18.7. The quantitative estimate of drug-likeness (QED) is 0.503. The van der Waals surface area contributed by atoms with E-state index in [1.807, 2.05) is 12.1 Å². The molecule has 0 spiro atoms. The van der Waals surface area contributed by atoms with Crippen molar-refractivity contribution in [1.82, 2.24) is 0 Å². The molecule has 0 heterocycles. The molecule has 0 unspecified atom stereocenters. The van der Waals surface area contributed by atoms with Gasteiger partial charge in [-0.05, 0) is 85.0 Å². The molecule has 26 heavy (non-hydrogen) atoms. The fourth-order valence-corrected chi connectivity index (χ4v) is 6.13. The number of aliphatic hydroxyl groups is 1. The van der Waals surface area contributed by atoms with E-state index in [-0.39, 0.29) is 11.5 Å². The minimum absolute atomic E-state index is 0.00643. The van der Waals surface area contributed by atoms with Gasteiger partial charge in [-0.3, -0.25) is 0 Å². The van der Waals surface area contributed by atoms with E-state index in [0.29, 0.717) is 23.5 Å². The lowest BCUT2D eigenvalue weighted by Gasteiger charge is -2.51. The average molecular weight is 420 g/mol. The Kier molecular flexibility index (Phi) is 4.93. The van der Waals surface area contributed by atoms with Crippen molar-refractivity contribution in [3.8, 4) is 5.75 Å². The maximum Gasteiger partial charge on any atom is 0.240 e. The van der Waals surface area contributed by atoms with Crippen molar-refractivity contribution in [1.29, 1.82) is 0 Å². The SMILES string of the molecule is C[C@]12CC[C@@H]3c4ccc(O)cc4CC[C@@H]3[C@@H]1CC[C@@H]2O[C@@H](O)C(Cl)(Cl)Cl. The van der Waals surface area contributed by atoms with Crippen molar-refractivity contribution >= 4 is 34.8 Å². The van der Waals surface area contributed by atoms with Gasteiger partial charge in [0.1, 0.15) is 5.75 Å². The molecule has 3 aliphatic carbocycles. The molecule has 1 aromatic carbocycles. The van der Waals surface area contributed by atoms with Gasteiger partial charge in [0.25, 0.3) is 0 Å². The molecule has 0 saturated heterocycles. The van der Waals surface area contributed by atoms with E-state index in [0.717, 1.165) is 38.5 Å². The van der Waals surface area contributed by atoms with E-state index in [9.17, 15) is 10.2 Å². The summed E-state index contributed by atoms with van der Waals surface area (Å²) in [5.41, 5.74) is 2.71. The van der Waals surface area contributed by atoms with Crippen LogP contribution >= 0.6 is 34.8 Å². The highest BCUT2D eigenvalue weighted by atomic mass is 35.6. The van der Waals surface area contributed by atoms with Gasteiger partial charge in [-0.15, -0.1) is 0 Å². The molecule has 2 fully saturated rings. The largest absolute Gasteiger partial charge is 0.508 e. The van der Waals surface area contributed by atoms with Crippen LogP contribution in [-0.4, -0.2) is 26.4 Å². The summed E-state index contributed by atoms with van der Waals surface area (Å²) in [6.07, 6.45) is 4.78. The first-order valence-electron chi connectivity index (χ1n) is 9.42. The highest BCUT2D eigenvalue weighted by molar-refractivity contribution is 6.67. The molecule has 0 radical (unpaired) electrons.